The lowest BCUT2D eigenvalue weighted by Crippen LogP contribution is -2.44. The van der Waals surface area contributed by atoms with Gasteiger partial charge in [-0.25, -0.2) is 9.59 Å². The largest absolute Gasteiger partial charge is 0.490 e. The lowest BCUT2D eigenvalue weighted by atomic mass is 9.88. The molecule has 1 spiro atoms. The molecule has 2 aromatic rings. The molecule has 2 aliphatic heterocycles. The molecule has 0 radical (unpaired) electrons. The van der Waals surface area contributed by atoms with Crippen LogP contribution < -0.4 is 4.74 Å². The molecule has 0 bridgehead atoms. The zero-order valence-electron chi connectivity index (χ0n) is 19.8. The Kier molecular flexibility index (Phi) is 10.8. The number of alkyl halides is 6. The molecule has 0 aromatic carbocycles. The third-order valence-corrected chi connectivity index (χ3v) is 5.49. The summed E-state index contributed by atoms with van der Waals surface area (Å²) < 4.78 is 75.7. The summed E-state index contributed by atoms with van der Waals surface area (Å²) in [6.07, 6.45) is 0.388. The van der Waals surface area contributed by atoms with Crippen molar-refractivity contribution in [2.75, 3.05) is 19.7 Å². The van der Waals surface area contributed by atoms with Crippen molar-refractivity contribution in [1.29, 1.82) is 0 Å². The summed E-state index contributed by atoms with van der Waals surface area (Å²) in [7, 11) is 0. The van der Waals surface area contributed by atoms with Crippen molar-refractivity contribution in [3.05, 3.63) is 54.6 Å². The van der Waals surface area contributed by atoms with E-state index in [0.29, 0.717) is 6.61 Å². The van der Waals surface area contributed by atoms with E-state index in [1.807, 2.05) is 30.6 Å². The van der Waals surface area contributed by atoms with E-state index in [9.17, 15) is 26.3 Å². The van der Waals surface area contributed by atoms with Gasteiger partial charge in [0.2, 0.25) is 0 Å². The summed E-state index contributed by atoms with van der Waals surface area (Å²) in [6, 6.07) is 7.99. The minimum absolute atomic E-state index is 0.00167. The van der Waals surface area contributed by atoms with Gasteiger partial charge in [0.15, 0.2) is 0 Å². The van der Waals surface area contributed by atoms with Crippen LogP contribution in [0.25, 0.3) is 0 Å². The number of piperidine rings is 1. The average molecular weight is 553 g/mol. The van der Waals surface area contributed by atoms with Gasteiger partial charge in [-0.1, -0.05) is 6.07 Å². The number of aromatic nitrogens is 2. The van der Waals surface area contributed by atoms with Crippen molar-refractivity contribution in [3.8, 4) is 5.75 Å². The fourth-order valence-corrected chi connectivity index (χ4v) is 3.70. The Balaban J connectivity index is 0.000000301. The lowest BCUT2D eigenvalue weighted by Gasteiger charge is -2.38. The smallest absolute Gasteiger partial charge is 0.486 e. The van der Waals surface area contributed by atoms with Gasteiger partial charge in [0.05, 0.1) is 18.4 Å². The van der Waals surface area contributed by atoms with Crippen LogP contribution in [0.2, 0.25) is 0 Å². The summed E-state index contributed by atoms with van der Waals surface area (Å²) in [6.45, 7) is 3.78. The standard InChI is InChI=1S/C19H23N3O2.2C2HF3O2/c1-3-16(12-20-7-1)14-22-9-5-19(6-10-22)11-18(15-23-19)24-17-4-2-8-21-13-17;2*3-2(4,5)1(6)7/h1-4,7-8,12-13,18H,5-6,9-11,14-15H2;2*(H,6,7). The molecule has 4 heterocycles. The van der Waals surface area contributed by atoms with Crippen molar-refractivity contribution in [1.82, 2.24) is 14.9 Å². The number of aliphatic carboxylic acids is 2. The van der Waals surface area contributed by atoms with Crippen LogP contribution in [0.5, 0.6) is 5.75 Å². The molecule has 2 N–H and O–H groups in total. The molecule has 4 rings (SSSR count). The molecular weight excluding hydrogens is 528 g/mol. The zero-order chi connectivity index (χ0) is 28.4. The van der Waals surface area contributed by atoms with Gasteiger partial charge in [-0.3, -0.25) is 14.9 Å². The lowest BCUT2D eigenvalue weighted by molar-refractivity contribution is -0.193. The van der Waals surface area contributed by atoms with Crippen LogP contribution in [0.15, 0.2) is 49.1 Å². The second kappa shape index (κ2) is 13.4. The fourth-order valence-electron chi connectivity index (χ4n) is 3.70. The molecule has 2 fully saturated rings. The number of carbonyl (C=O) groups is 2. The van der Waals surface area contributed by atoms with Crippen LogP contribution in [0, 0.1) is 0 Å². The van der Waals surface area contributed by atoms with Crippen molar-refractivity contribution < 1.29 is 55.6 Å². The van der Waals surface area contributed by atoms with Crippen LogP contribution in [0.4, 0.5) is 26.3 Å². The number of halogens is 6. The molecule has 1 atom stereocenters. The topological polar surface area (TPSA) is 122 Å². The average Bonchev–Trinajstić information content (AvgIpc) is 3.23. The van der Waals surface area contributed by atoms with E-state index in [2.05, 4.69) is 20.9 Å². The number of hydrogen-bond donors (Lipinski definition) is 2. The molecule has 2 aromatic heterocycles. The molecule has 2 aliphatic rings. The number of likely N-dealkylation sites (tertiary alicyclic amines) is 1. The van der Waals surface area contributed by atoms with E-state index < -0.39 is 24.3 Å². The highest BCUT2D eigenvalue weighted by Crippen LogP contribution is 2.37. The first-order valence-electron chi connectivity index (χ1n) is 11.1. The van der Waals surface area contributed by atoms with E-state index in [1.165, 1.54) is 5.56 Å². The molecule has 0 saturated carbocycles. The second-order valence-corrected chi connectivity index (χ2v) is 8.37. The number of carboxylic acid groups (broad SMARTS) is 2. The highest BCUT2D eigenvalue weighted by Gasteiger charge is 2.43. The highest BCUT2D eigenvalue weighted by molar-refractivity contribution is 5.73. The highest BCUT2D eigenvalue weighted by atomic mass is 19.4. The Morgan fingerprint density at radius 2 is 1.50 bits per heavy atom. The van der Waals surface area contributed by atoms with E-state index in [1.54, 1.807) is 12.4 Å². The predicted octanol–water partition coefficient (Wildman–Crippen LogP) is 3.95. The van der Waals surface area contributed by atoms with E-state index in [0.717, 1.165) is 44.6 Å². The first-order chi connectivity index (χ1) is 17.7. The Hall–Kier alpha value is -3.46. The summed E-state index contributed by atoms with van der Waals surface area (Å²) in [5, 5.41) is 14.2. The van der Waals surface area contributed by atoms with E-state index in [-0.39, 0.29) is 11.7 Å². The van der Waals surface area contributed by atoms with Crippen molar-refractivity contribution in [3.63, 3.8) is 0 Å². The number of ether oxygens (including phenoxy) is 2. The van der Waals surface area contributed by atoms with E-state index >= 15 is 0 Å². The van der Waals surface area contributed by atoms with Gasteiger partial charge in [-0.05, 0) is 36.6 Å². The fraction of sp³-hybridized carbons (Fsp3) is 0.478. The number of carboxylic acids is 2. The van der Waals surface area contributed by atoms with Crippen LogP contribution in [-0.4, -0.2) is 80.8 Å². The summed E-state index contributed by atoms with van der Waals surface area (Å²) >= 11 is 0. The van der Waals surface area contributed by atoms with Gasteiger partial charge in [0, 0.05) is 44.6 Å². The Morgan fingerprint density at radius 3 is 1.95 bits per heavy atom. The SMILES string of the molecule is O=C(O)C(F)(F)F.O=C(O)C(F)(F)F.c1cncc(CN2CCC3(CC2)CC(Oc2cccnc2)CO3)c1. The molecule has 210 valence electrons. The van der Waals surface area contributed by atoms with Crippen LogP contribution in [0.3, 0.4) is 0 Å². The predicted molar refractivity (Wildman–Crippen MR) is 118 cm³/mol. The van der Waals surface area contributed by atoms with Crippen LogP contribution >= 0.6 is 0 Å². The third kappa shape index (κ3) is 10.5. The molecule has 0 amide bonds. The normalized spacial score (nSPS) is 18.9. The van der Waals surface area contributed by atoms with Crippen LogP contribution in [0.1, 0.15) is 24.8 Å². The molecule has 9 nitrogen and oxygen atoms in total. The molecule has 1 unspecified atom stereocenters. The molecule has 0 aliphatic carbocycles. The summed E-state index contributed by atoms with van der Waals surface area (Å²) in [5.41, 5.74) is 1.27. The van der Waals surface area contributed by atoms with E-state index in [4.69, 9.17) is 29.3 Å². The first-order valence-corrected chi connectivity index (χ1v) is 11.1. The molecule has 2 saturated heterocycles. The van der Waals surface area contributed by atoms with Crippen molar-refractivity contribution >= 4 is 11.9 Å². The van der Waals surface area contributed by atoms with Crippen LogP contribution in [-0.2, 0) is 20.9 Å². The van der Waals surface area contributed by atoms with Gasteiger partial charge < -0.3 is 19.7 Å². The molecular formula is C23H25F6N3O6. The Morgan fingerprint density at radius 1 is 0.974 bits per heavy atom. The van der Waals surface area contributed by atoms with Gasteiger partial charge in [-0.2, -0.15) is 26.3 Å². The third-order valence-electron chi connectivity index (χ3n) is 5.49. The quantitative estimate of drug-likeness (QED) is 0.542. The summed E-state index contributed by atoms with van der Waals surface area (Å²) in [5.74, 6) is -4.68. The van der Waals surface area contributed by atoms with Gasteiger partial charge in [-0.15, -0.1) is 0 Å². The minimum atomic E-state index is -5.08. The first kappa shape index (κ1) is 30.8. The number of rotatable bonds is 4. The summed E-state index contributed by atoms with van der Waals surface area (Å²) in [4.78, 5) is 28.6. The van der Waals surface area contributed by atoms with Gasteiger partial charge in [0.25, 0.3) is 0 Å². The Labute approximate surface area is 213 Å². The second-order valence-electron chi connectivity index (χ2n) is 8.37. The number of hydrogen-bond acceptors (Lipinski definition) is 7. The zero-order valence-corrected chi connectivity index (χ0v) is 19.8. The van der Waals surface area contributed by atoms with Crippen molar-refractivity contribution in [2.24, 2.45) is 0 Å². The maximum absolute atomic E-state index is 10.6. The Bertz CT molecular complexity index is 992. The molecule has 15 heteroatoms. The maximum Gasteiger partial charge on any atom is 0.490 e. The molecule has 38 heavy (non-hydrogen) atoms. The maximum atomic E-state index is 10.6. The monoisotopic (exact) mass is 553 g/mol. The van der Waals surface area contributed by atoms with Gasteiger partial charge >= 0.3 is 24.3 Å². The van der Waals surface area contributed by atoms with Crippen molar-refractivity contribution in [2.45, 2.75) is 49.9 Å². The minimum Gasteiger partial charge on any atom is -0.486 e. The number of pyridine rings is 2. The van der Waals surface area contributed by atoms with Gasteiger partial charge in [0.1, 0.15) is 11.9 Å². The number of nitrogens with zero attached hydrogens (tertiary/aromatic N) is 3.